The van der Waals surface area contributed by atoms with Crippen LogP contribution in [0, 0.1) is 5.92 Å². The van der Waals surface area contributed by atoms with E-state index in [2.05, 4.69) is 14.5 Å². The van der Waals surface area contributed by atoms with Crippen molar-refractivity contribution in [2.24, 2.45) is 5.92 Å². The van der Waals surface area contributed by atoms with E-state index < -0.39 is 0 Å². The molecule has 2 aliphatic rings. The van der Waals surface area contributed by atoms with Gasteiger partial charge in [-0.05, 0) is 31.4 Å². The maximum absolute atomic E-state index is 12.9. The van der Waals surface area contributed by atoms with E-state index in [9.17, 15) is 9.59 Å². The molecule has 2 amide bonds. The lowest BCUT2D eigenvalue weighted by atomic mass is 9.92. The third-order valence-electron chi connectivity index (χ3n) is 5.95. The molecule has 7 nitrogen and oxygen atoms in total. The van der Waals surface area contributed by atoms with Gasteiger partial charge in [-0.25, -0.2) is 4.98 Å². The smallest absolute Gasteiger partial charge is 0.227 e. The van der Waals surface area contributed by atoms with Gasteiger partial charge in [-0.1, -0.05) is 6.07 Å². The minimum atomic E-state index is -0.0506. The van der Waals surface area contributed by atoms with E-state index in [0.29, 0.717) is 25.3 Å². The predicted molar refractivity (Wildman–Crippen MR) is 104 cm³/mol. The summed E-state index contributed by atoms with van der Waals surface area (Å²) in [5.74, 6) is 1.74. The van der Waals surface area contributed by atoms with Gasteiger partial charge >= 0.3 is 0 Å². The van der Waals surface area contributed by atoms with Crippen LogP contribution in [0.25, 0.3) is 0 Å². The zero-order chi connectivity index (χ0) is 19.5. The second-order valence-electron chi connectivity index (χ2n) is 7.84. The first-order chi connectivity index (χ1) is 13.6. The summed E-state index contributed by atoms with van der Waals surface area (Å²) in [4.78, 5) is 37.2. The Hall–Kier alpha value is -2.70. The van der Waals surface area contributed by atoms with Crippen molar-refractivity contribution in [2.75, 3.05) is 26.7 Å². The van der Waals surface area contributed by atoms with Crippen molar-refractivity contribution in [3.63, 3.8) is 0 Å². The van der Waals surface area contributed by atoms with Gasteiger partial charge in [-0.2, -0.15) is 0 Å². The summed E-state index contributed by atoms with van der Waals surface area (Å²) >= 11 is 0. The molecule has 28 heavy (non-hydrogen) atoms. The number of carbonyl (C=O) groups excluding carboxylic acids is 2. The summed E-state index contributed by atoms with van der Waals surface area (Å²) in [7, 11) is 1.79. The van der Waals surface area contributed by atoms with E-state index >= 15 is 0 Å². The fourth-order valence-corrected chi connectivity index (χ4v) is 4.31. The highest BCUT2D eigenvalue weighted by Gasteiger charge is 2.33. The highest BCUT2D eigenvalue weighted by Crippen LogP contribution is 2.29. The molecule has 2 saturated heterocycles. The first kappa shape index (κ1) is 18.7. The first-order valence-electron chi connectivity index (χ1n) is 10.1. The summed E-state index contributed by atoms with van der Waals surface area (Å²) in [5, 5.41) is 0. The third kappa shape index (κ3) is 3.93. The van der Waals surface area contributed by atoms with Crippen molar-refractivity contribution >= 4 is 11.8 Å². The molecular formula is C21H27N5O2. The molecule has 1 atom stereocenters. The molecule has 0 aromatic carbocycles. The zero-order valence-electron chi connectivity index (χ0n) is 16.3. The number of carbonyl (C=O) groups is 2. The number of hydrogen-bond donors (Lipinski definition) is 0. The lowest BCUT2D eigenvalue weighted by molar-refractivity contribution is -0.142. The van der Waals surface area contributed by atoms with Gasteiger partial charge in [-0.3, -0.25) is 14.6 Å². The van der Waals surface area contributed by atoms with Crippen molar-refractivity contribution < 1.29 is 9.59 Å². The second-order valence-corrected chi connectivity index (χ2v) is 7.84. The van der Waals surface area contributed by atoms with Gasteiger partial charge in [0.15, 0.2) is 0 Å². The number of rotatable bonds is 4. The number of hydrogen-bond acceptors (Lipinski definition) is 4. The summed E-state index contributed by atoms with van der Waals surface area (Å²) in [5.41, 5.74) is 1.02. The summed E-state index contributed by atoms with van der Waals surface area (Å²) < 4.78 is 2.17. The van der Waals surface area contributed by atoms with E-state index in [1.54, 1.807) is 11.9 Å². The van der Waals surface area contributed by atoms with Gasteiger partial charge in [0.1, 0.15) is 5.82 Å². The number of imidazole rings is 1. The van der Waals surface area contributed by atoms with Gasteiger partial charge < -0.3 is 14.4 Å². The van der Waals surface area contributed by atoms with Crippen LogP contribution in [0.1, 0.15) is 43.1 Å². The molecule has 0 aliphatic carbocycles. The average Bonchev–Trinajstić information content (AvgIpc) is 3.18. The Morgan fingerprint density at radius 1 is 1.14 bits per heavy atom. The van der Waals surface area contributed by atoms with Crippen LogP contribution in [-0.2, 0) is 16.1 Å². The number of pyridine rings is 1. The molecule has 7 heteroatoms. The van der Waals surface area contributed by atoms with Crippen LogP contribution in [0.15, 0.2) is 36.8 Å². The molecule has 0 bridgehead atoms. The predicted octanol–water partition coefficient (Wildman–Crippen LogP) is 1.90. The molecular weight excluding hydrogens is 354 g/mol. The van der Waals surface area contributed by atoms with Crippen molar-refractivity contribution in [3.05, 3.63) is 48.3 Å². The molecule has 0 N–H and O–H groups in total. The Morgan fingerprint density at radius 2 is 1.96 bits per heavy atom. The Morgan fingerprint density at radius 3 is 2.68 bits per heavy atom. The number of amides is 2. The van der Waals surface area contributed by atoms with Crippen LogP contribution in [0.4, 0.5) is 0 Å². The monoisotopic (exact) mass is 381 g/mol. The number of likely N-dealkylation sites (tertiary alicyclic amines) is 2. The first-order valence-corrected chi connectivity index (χ1v) is 10.1. The quantitative estimate of drug-likeness (QED) is 0.811. The normalized spacial score (nSPS) is 21.2. The average molecular weight is 381 g/mol. The van der Waals surface area contributed by atoms with Crippen LogP contribution >= 0.6 is 0 Å². The molecule has 2 aromatic rings. The van der Waals surface area contributed by atoms with Crippen LogP contribution in [-0.4, -0.2) is 62.8 Å². The molecule has 0 radical (unpaired) electrons. The van der Waals surface area contributed by atoms with Crippen LogP contribution in [0.5, 0.6) is 0 Å². The van der Waals surface area contributed by atoms with Crippen molar-refractivity contribution in [1.82, 2.24) is 24.3 Å². The van der Waals surface area contributed by atoms with Crippen LogP contribution in [0.3, 0.4) is 0 Å². The van der Waals surface area contributed by atoms with Crippen molar-refractivity contribution in [3.8, 4) is 0 Å². The van der Waals surface area contributed by atoms with E-state index in [-0.39, 0.29) is 17.7 Å². The summed E-state index contributed by atoms with van der Waals surface area (Å²) in [6.45, 7) is 2.78. The maximum Gasteiger partial charge on any atom is 0.227 e. The zero-order valence-corrected chi connectivity index (χ0v) is 16.3. The van der Waals surface area contributed by atoms with E-state index in [4.69, 9.17) is 0 Å². The SMILES string of the molecule is CN1C[C@H](C(=O)N2CCC(c3nccn3Cc3ccccn3)CC2)CCC1=O. The summed E-state index contributed by atoms with van der Waals surface area (Å²) in [6.07, 6.45) is 8.68. The molecule has 0 spiro atoms. The van der Waals surface area contributed by atoms with Crippen LogP contribution < -0.4 is 0 Å². The van der Waals surface area contributed by atoms with Crippen molar-refractivity contribution in [1.29, 1.82) is 0 Å². The third-order valence-corrected chi connectivity index (χ3v) is 5.95. The molecule has 4 rings (SSSR count). The van der Waals surface area contributed by atoms with Gasteiger partial charge in [-0.15, -0.1) is 0 Å². The van der Waals surface area contributed by atoms with Gasteiger partial charge in [0.25, 0.3) is 0 Å². The lowest BCUT2D eigenvalue weighted by Gasteiger charge is -2.36. The topological polar surface area (TPSA) is 71.3 Å². The molecule has 0 unspecified atom stereocenters. The Bertz CT molecular complexity index is 826. The molecule has 2 fully saturated rings. The minimum Gasteiger partial charge on any atom is -0.345 e. The maximum atomic E-state index is 12.9. The minimum absolute atomic E-state index is 0.0506. The molecule has 148 valence electrons. The Kier molecular flexibility index (Phi) is 5.41. The number of aromatic nitrogens is 3. The van der Waals surface area contributed by atoms with Gasteiger partial charge in [0, 0.05) is 57.6 Å². The van der Waals surface area contributed by atoms with E-state index in [1.165, 1.54) is 0 Å². The Balaban J connectivity index is 1.35. The largest absolute Gasteiger partial charge is 0.345 e. The Labute approximate surface area is 165 Å². The fourth-order valence-electron chi connectivity index (χ4n) is 4.31. The van der Waals surface area contributed by atoms with Crippen molar-refractivity contribution in [2.45, 2.75) is 38.1 Å². The molecule has 0 saturated carbocycles. The number of nitrogens with zero attached hydrogens (tertiary/aromatic N) is 5. The molecule has 2 aromatic heterocycles. The fraction of sp³-hybridized carbons (Fsp3) is 0.524. The van der Waals surface area contributed by atoms with Gasteiger partial charge in [0.05, 0.1) is 18.2 Å². The lowest BCUT2D eigenvalue weighted by Crippen LogP contribution is -2.47. The van der Waals surface area contributed by atoms with E-state index in [1.807, 2.05) is 41.7 Å². The highest BCUT2D eigenvalue weighted by molar-refractivity contribution is 5.83. The molecule has 4 heterocycles. The van der Waals surface area contributed by atoms with Crippen LogP contribution in [0.2, 0.25) is 0 Å². The standard InChI is InChI=1S/C21H27N5O2/c1-24-14-17(5-6-19(24)27)21(28)25-11-7-16(8-12-25)20-23-10-13-26(20)15-18-4-2-3-9-22-18/h2-4,9-10,13,16-17H,5-8,11-12,14-15H2,1H3/t17-/m1/s1. The van der Waals surface area contributed by atoms with Gasteiger partial charge in [0.2, 0.25) is 11.8 Å². The number of piperidine rings is 2. The highest BCUT2D eigenvalue weighted by atomic mass is 16.2. The van der Waals surface area contributed by atoms with E-state index in [0.717, 1.165) is 44.0 Å². The summed E-state index contributed by atoms with van der Waals surface area (Å²) in [6, 6.07) is 5.95. The molecule has 2 aliphatic heterocycles. The second kappa shape index (κ2) is 8.12.